The summed E-state index contributed by atoms with van der Waals surface area (Å²) in [5.74, 6) is 0. The van der Waals surface area contributed by atoms with Gasteiger partial charge >= 0.3 is 6.18 Å². The normalized spacial score (nSPS) is 11.8. The van der Waals surface area contributed by atoms with Gasteiger partial charge in [0.2, 0.25) is 0 Å². The van der Waals surface area contributed by atoms with Crippen molar-refractivity contribution in [2.45, 2.75) is 12.7 Å². The number of hydrogen-bond acceptors (Lipinski definition) is 2. The maximum absolute atomic E-state index is 12.6. The summed E-state index contributed by atoms with van der Waals surface area (Å²) in [5.41, 5.74) is 0.000689. The molecule has 1 aromatic heterocycles. The molecule has 0 spiro atoms. The molecule has 0 bridgehead atoms. The fraction of sp³-hybridized carbons (Fsp3) is 0.231. The van der Waals surface area contributed by atoms with Crippen molar-refractivity contribution in [3.05, 3.63) is 46.8 Å². The van der Waals surface area contributed by atoms with Gasteiger partial charge in [-0.25, -0.2) is 0 Å². The molecule has 0 unspecified atom stereocenters. The molecule has 0 aliphatic rings. The minimum Gasteiger partial charge on any atom is -0.315 e. The summed E-state index contributed by atoms with van der Waals surface area (Å²) in [5, 5.41) is 3.01. The quantitative estimate of drug-likeness (QED) is 0.884. The van der Waals surface area contributed by atoms with Gasteiger partial charge in [-0.05, 0) is 36.9 Å². The van der Waals surface area contributed by atoms with E-state index < -0.39 is 11.7 Å². The third-order valence-electron chi connectivity index (χ3n) is 2.49. The van der Waals surface area contributed by atoms with Crippen LogP contribution in [0.3, 0.4) is 0 Å². The highest BCUT2D eigenvalue weighted by Gasteiger charge is 2.30. The highest BCUT2D eigenvalue weighted by molar-refractivity contribution is 7.15. The third-order valence-corrected chi connectivity index (χ3v) is 3.62. The van der Waals surface area contributed by atoms with Gasteiger partial charge in [0.15, 0.2) is 0 Å². The van der Waals surface area contributed by atoms with Gasteiger partial charge in [-0.1, -0.05) is 12.1 Å². The molecule has 0 saturated heterocycles. The van der Waals surface area contributed by atoms with Crippen LogP contribution in [0.1, 0.15) is 10.4 Å². The number of rotatable bonds is 3. The first-order chi connectivity index (χ1) is 8.50. The summed E-state index contributed by atoms with van der Waals surface area (Å²) in [4.78, 5) is 1.95. The SMILES string of the molecule is CNCc1ccc(-c2cccc(C(F)(F)F)c2)s1. The van der Waals surface area contributed by atoms with Crippen molar-refractivity contribution >= 4 is 11.3 Å². The number of halogens is 3. The van der Waals surface area contributed by atoms with Crippen molar-refractivity contribution in [2.24, 2.45) is 0 Å². The Morgan fingerprint density at radius 3 is 2.61 bits per heavy atom. The zero-order valence-electron chi connectivity index (χ0n) is 9.71. The van der Waals surface area contributed by atoms with Crippen LogP contribution in [0, 0.1) is 0 Å². The summed E-state index contributed by atoms with van der Waals surface area (Å²) in [6.07, 6.45) is -4.29. The van der Waals surface area contributed by atoms with Crippen LogP contribution in [0.15, 0.2) is 36.4 Å². The number of hydrogen-bond donors (Lipinski definition) is 1. The van der Waals surface area contributed by atoms with E-state index >= 15 is 0 Å². The van der Waals surface area contributed by atoms with E-state index in [9.17, 15) is 13.2 Å². The minimum atomic E-state index is -4.29. The molecule has 18 heavy (non-hydrogen) atoms. The standard InChI is InChI=1S/C13H12F3NS/c1-17-8-11-5-6-12(18-11)9-3-2-4-10(7-9)13(14,15)16/h2-7,17H,8H2,1H3. The van der Waals surface area contributed by atoms with Gasteiger partial charge in [-0.15, -0.1) is 11.3 Å². The molecule has 1 nitrogen and oxygen atoms in total. The molecule has 1 N–H and O–H groups in total. The van der Waals surface area contributed by atoms with Crippen LogP contribution in [0.25, 0.3) is 10.4 Å². The Hall–Kier alpha value is -1.33. The van der Waals surface area contributed by atoms with E-state index in [0.29, 0.717) is 5.56 Å². The van der Waals surface area contributed by atoms with Crippen molar-refractivity contribution in [3.8, 4) is 10.4 Å². The zero-order chi connectivity index (χ0) is 13.2. The van der Waals surface area contributed by atoms with E-state index in [0.717, 1.165) is 22.4 Å². The monoisotopic (exact) mass is 271 g/mol. The first-order valence-corrected chi connectivity index (χ1v) is 6.23. The van der Waals surface area contributed by atoms with E-state index in [2.05, 4.69) is 5.32 Å². The van der Waals surface area contributed by atoms with Crippen LogP contribution < -0.4 is 5.32 Å². The van der Waals surface area contributed by atoms with Gasteiger partial charge in [0.05, 0.1) is 5.56 Å². The molecule has 0 amide bonds. The average Bonchev–Trinajstić information content (AvgIpc) is 2.77. The van der Waals surface area contributed by atoms with Gasteiger partial charge in [-0.2, -0.15) is 13.2 Å². The molecule has 2 rings (SSSR count). The van der Waals surface area contributed by atoms with Crippen molar-refractivity contribution in [1.82, 2.24) is 5.32 Å². The summed E-state index contributed by atoms with van der Waals surface area (Å²) >= 11 is 1.50. The van der Waals surface area contributed by atoms with Crippen LogP contribution in [0.4, 0.5) is 13.2 Å². The Bertz CT molecular complexity index is 531. The van der Waals surface area contributed by atoms with Gasteiger partial charge < -0.3 is 5.32 Å². The first kappa shape index (κ1) is 13.1. The molecule has 1 heterocycles. The maximum atomic E-state index is 12.6. The molecule has 2 aromatic rings. The molecular formula is C13H12F3NS. The summed E-state index contributed by atoms with van der Waals surface area (Å²) in [7, 11) is 1.84. The van der Waals surface area contributed by atoms with Crippen molar-refractivity contribution < 1.29 is 13.2 Å². The Morgan fingerprint density at radius 2 is 1.94 bits per heavy atom. The fourth-order valence-corrected chi connectivity index (χ4v) is 2.67. The average molecular weight is 271 g/mol. The Morgan fingerprint density at radius 1 is 1.17 bits per heavy atom. The molecule has 0 aliphatic carbocycles. The second kappa shape index (κ2) is 5.12. The molecule has 0 fully saturated rings. The van der Waals surface area contributed by atoms with Crippen LogP contribution in [0.5, 0.6) is 0 Å². The van der Waals surface area contributed by atoms with E-state index in [1.54, 1.807) is 6.07 Å². The lowest BCUT2D eigenvalue weighted by atomic mass is 10.1. The number of benzene rings is 1. The highest BCUT2D eigenvalue weighted by Crippen LogP contribution is 2.34. The van der Waals surface area contributed by atoms with Crippen molar-refractivity contribution in [3.63, 3.8) is 0 Å². The van der Waals surface area contributed by atoms with Crippen LogP contribution in [-0.4, -0.2) is 7.05 Å². The van der Waals surface area contributed by atoms with E-state index in [1.807, 2.05) is 19.2 Å². The van der Waals surface area contributed by atoms with Crippen LogP contribution in [0.2, 0.25) is 0 Å². The minimum absolute atomic E-state index is 0.608. The Kier molecular flexibility index (Phi) is 3.73. The van der Waals surface area contributed by atoms with E-state index in [4.69, 9.17) is 0 Å². The largest absolute Gasteiger partial charge is 0.416 e. The third kappa shape index (κ3) is 2.91. The zero-order valence-corrected chi connectivity index (χ0v) is 10.5. The predicted molar refractivity (Wildman–Crippen MR) is 67.5 cm³/mol. The Balaban J connectivity index is 2.32. The summed E-state index contributed by atoms with van der Waals surface area (Å²) in [6, 6.07) is 9.20. The number of nitrogens with one attached hydrogen (secondary N) is 1. The maximum Gasteiger partial charge on any atom is 0.416 e. The summed E-state index contributed by atoms with van der Waals surface area (Å²) < 4.78 is 37.8. The molecule has 1 aromatic carbocycles. The molecule has 0 atom stereocenters. The van der Waals surface area contributed by atoms with Crippen molar-refractivity contribution in [2.75, 3.05) is 7.05 Å². The van der Waals surface area contributed by atoms with Gasteiger partial charge in [0.25, 0.3) is 0 Å². The molecular weight excluding hydrogens is 259 g/mol. The fourth-order valence-electron chi connectivity index (χ4n) is 1.65. The molecule has 0 saturated carbocycles. The van der Waals surface area contributed by atoms with Crippen molar-refractivity contribution in [1.29, 1.82) is 0 Å². The number of alkyl halides is 3. The van der Waals surface area contributed by atoms with E-state index in [1.165, 1.54) is 23.5 Å². The topological polar surface area (TPSA) is 12.0 Å². The highest BCUT2D eigenvalue weighted by atomic mass is 32.1. The molecule has 96 valence electrons. The first-order valence-electron chi connectivity index (χ1n) is 5.41. The van der Waals surface area contributed by atoms with Gasteiger partial charge in [0.1, 0.15) is 0 Å². The molecule has 0 radical (unpaired) electrons. The second-order valence-electron chi connectivity index (χ2n) is 3.87. The smallest absolute Gasteiger partial charge is 0.315 e. The van der Waals surface area contributed by atoms with Gasteiger partial charge in [0, 0.05) is 16.3 Å². The lowest BCUT2D eigenvalue weighted by Crippen LogP contribution is -2.04. The molecule has 5 heteroatoms. The lowest BCUT2D eigenvalue weighted by Gasteiger charge is -2.07. The summed E-state index contributed by atoms with van der Waals surface area (Å²) in [6.45, 7) is 0.726. The molecule has 0 aliphatic heterocycles. The van der Waals surface area contributed by atoms with Crippen LogP contribution in [-0.2, 0) is 12.7 Å². The second-order valence-corrected chi connectivity index (χ2v) is 5.04. The van der Waals surface area contributed by atoms with E-state index in [-0.39, 0.29) is 0 Å². The lowest BCUT2D eigenvalue weighted by molar-refractivity contribution is -0.137. The van der Waals surface area contributed by atoms with Crippen LogP contribution >= 0.6 is 11.3 Å². The predicted octanol–water partition coefficient (Wildman–Crippen LogP) is 4.15. The van der Waals surface area contributed by atoms with Gasteiger partial charge in [-0.3, -0.25) is 0 Å². The Labute approximate surface area is 107 Å². The number of thiophene rings is 1.